The van der Waals surface area contributed by atoms with Crippen LogP contribution in [-0.4, -0.2) is 40.9 Å². The van der Waals surface area contributed by atoms with E-state index in [9.17, 15) is 23.1 Å². The lowest BCUT2D eigenvalue weighted by atomic mass is 9.96. The molecule has 1 amide bonds. The second-order valence-electron chi connectivity index (χ2n) is 4.80. The highest BCUT2D eigenvalue weighted by Gasteiger charge is 2.54. The van der Waals surface area contributed by atoms with E-state index in [-0.39, 0.29) is 5.56 Å². The Kier molecular flexibility index (Phi) is 5.16. The second kappa shape index (κ2) is 6.76. The molecule has 0 bridgehead atoms. The minimum absolute atomic E-state index is 0.163. The van der Waals surface area contributed by atoms with E-state index < -0.39 is 23.9 Å². The Hall–Kier alpha value is -1.80. The van der Waals surface area contributed by atoms with Crippen molar-refractivity contribution in [2.24, 2.45) is 4.99 Å². The maximum atomic E-state index is 13.4. The molecule has 1 aliphatic rings. The van der Waals surface area contributed by atoms with Crippen molar-refractivity contribution < 1.29 is 23.1 Å². The molecule has 0 spiro atoms. The minimum atomic E-state index is -4.78. The molecule has 0 saturated heterocycles. The third-order valence-electron chi connectivity index (χ3n) is 3.18. The maximum absolute atomic E-state index is 13.4. The number of thioether (sulfide) groups is 1. The predicted molar refractivity (Wildman–Crippen MR) is 82.7 cm³/mol. The van der Waals surface area contributed by atoms with Crippen LogP contribution in [0.1, 0.15) is 17.3 Å². The van der Waals surface area contributed by atoms with Gasteiger partial charge in [0, 0.05) is 11.1 Å². The normalized spacial score (nSPS) is 23.8. The van der Waals surface area contributed by atoms with Gasteiger partial charge in [0.15, 0.2) is 11.8 Å². The highest BCUT2D eigenvalue weighted by atomic mass is 32.2. The molecule has 0 aromatic heterocycles. The number of carbonyl (C=O) groups excluding carboxylic acids is 1. The lowest BCUT2D eigenvalue weighted by Gasteiger charge is -2.32. The largest absolute Gasteiger partial charge is 0.420 e. The molecule has 2 atom stereocenters. The summed E-state index contributed by atoms with van der Waals surface area (Å²) in [7, 11) is 0. The summed E-state index contributed by atoms with van der Waals surface area (Å²) in [5.41, 5.74) is -2.57. The highest BCUT2D eigenvalue weighted by molar-refractivity contribution is 7.99. The summed E-state index contributed by atoms with van der Waals surface area (Å²) in [4.78, 5) is 16.3. The number of alkyl halides is 3. The third kappa shape index (κ3) is 3.76. The maximum Gasteiger partial charge on any atom is 0.420 e. The molecule has 1 aliphatic heterocycles. The molecule has 0 radical (unpaired) electrons. The molecule has 23 heavy (non-hydrogen) atoms. The first kappa shape index (κ1) is 17.6. The van der Waals surface area contributed by atoms with Crippen LogP contribution in [0, 0.1) is 0 Å². The van der Waals surface area contributed by atoms with E-state index in [0.717, 1.165) is 6.08 Å². The van der Waals surface area contributed by atoms with Gasteiger partial charge >= 0.3 is 6.18 Å². The number of nitrogens with one attached hydrogen (secondary N) is 1. The van der Waals surface area contributed by atoms with Gasteiger partial charge in [0.2, 0.25) is 0 Å². The van der Waals surface area contributed by atoms with Gasteiger partial charge in [0.1, 0.15) is 0 Å². The van der Waals surface area contributed by atoms with Crippen molar-refractivity contribution in [1.82, 2.24) is 5.32 Å². The van der Waals surface area contributed by atoms with Gasteiger partial charge in [-0.15, -0.1) is 11.8 Å². The molecule has 4 nitrogen and oxygen atoms in total. The van der Waals surface area contributed by atoms with Crippen LogP contribution in [0.25, 0.3) is 0 Å². The molecule has 2 unspecified atom stereocenters. The fraction of sp³-hybridized carbons (Fsp3) is 0.333. The van der Waals surface area contributed by atoms with Crippen LogP contribution in [0.5, 0.6) is 0 Å². The van der Waals surface area contributed by atoms with Gasteiger partial charge in [-0.25, -0.2) is 0 Å². The Labute approximate surface area is 135 Å². The number of amides is 1. The summed E-state index contributed by atoms with van der Waals surface area (Å²) in [5.74, 6) is -0.172. The van der Waals surface area contributed by atoms with E-state index in [0.29, 0.717) is 22.9 Å². The van der Waals surface area contributed by atoms with Crippen LogP contribution < -0.4 is 5.32 Å². The molecular weight excluding hydrogens is 329 g/mol. The molecule has 2 rings (SSSR count). The lowest BCUT2D eigenvalue weighted by molar-refractivity contribution is -0.158. The van der Waals surface area contributed by atoms with Gasteiger partial charge in [-0.05, 0) is 30.0 Å². The van der Waals surface area contributed by atoms with Crippen LogP contribution in [0.15, 0.2) is 46.3 Å². The Morgan fingerprint density at radius 3 is 2.70 bits per heavy atom. The van der Waals surface area contributed by atoms with Crippen LogP contribution in [0.3, 0.4) is 0 Å². The molecule has 124 valence electrons. The number of benzene rings is 1. The number of hydrogen-bond donors (Lipinski definition) is 2. The summed E-state index contributed by atoms with van der Waals surface area (Å²) in [6.45, 7) is 1.88. The van der Waals surface area contributed by atoms with Gasteiger partial charge in [-0.3, -0.25) is 9.79 Å². The number of carbonyl (C=O) groups is 1. The summed E-state index contributed by atoms with van der Waals surface area (Å²) in [5, 5.41) is 11.2. The van der Waals surface area contributed by atoms with E-state index in [1.807, 2.05) is 12.2 Å². The van der Waals surface area contributed by atoms with Gasteiger partial charge < -0.3 is 10.4 Å². The van der Waals surface area contributed by atoms with Gasteiger partial charge in [0.05, 0.1) is 5.56 Å². The number of rotatable bonds is 4. The van der Waals surface area contributed by atoms with E-state index in [2.05, 4.69) is 4.99 Å². The molecule has 0 aliphatic carbocycles. The number of aliphatic imine (C=N–C) groups is 1. The summed E-state index contributed by atoms with van der Waals surface area (Å²) in [6, 6.07) is 6.45. The Morgan fingerprint density at radius 1 is 1.43 bits per heavy atom. The van der Waals surface area contributed by atoms with E-state index in [4.69, 9.17) is 0 Å². The number of aliphatic hydroxyl groups excluding tert-OH is 1. The van der Waals surface area contributed by atoms with Crippen molar-refractivity contribution in [3.05, 3.63) is 42.0 Å². The lowest BCUT2D eigenvalue weighted by Crippen LogP contribution is -2.59. The minimum Gasteiger partial charge on any atom is -0.368 e. The van der Waals surface area contributed by atoms with E-state index >= 15 is 0 Å². The molecule has 0 fully saturated rings. The first-order chi connectivity index (χ1) is 10.8. The Balaban J connectivity index is 2.33. The molecule has 1 aromatic carbocycles. The molecule has 1 aromatic rings. The van der Waals surface area contributed by atoms with Crippen LogP contribution >= 0.6 is 11.8 Å². The molecular formula is C15H15F3N2O2S. The quantitative estimate of drug-likeness (QED) is 0.652. The van der Waals surface area contributed by atoms with Crippen LogP contribution in [0.2, 0.25) is 0 Å². The zero-order valence-electron chi connectivity index (χ0n) is 12.2. The predicted octanol–water partition coefficient (Wildman–Crippen LogP) is 2.79. The zero-order valence-corrected chi connectivity index (χ0v) is 13.0. The smallest absolute Gasteiger partial charge is 0.368 e. The third-order valence-corrected chi connectivity index (χ3v) is 4.14. The number of dihydropyridines is 1. The first-order valence-corrected chi connectivity index (χ1v) is 7.80. The van der Waals surface area contributed by atoms with Crippen LogP contribution in [-0.2, 0) is 0 Å². The molecule has 1 heterocycles. The zero-order chi connectivity index (χ0) is 17.1. The fourth-order valence-electron chi connectivity index (χ4n) is 2.03. The number of aliphatic hydroxyl groups is 1. The number of hydrogen-bond acceptors (Lipinski definition) is 4. The van der Waals surface area contributed by atoms with Crippen LogP contribution in [0.4, 0.5) is 13.2 Å². The van der Waals surface area contributed by atoms with Crippen molar-refractivity contribution in [2.75, 3.05) is 5.75 Å². The second-order valence-corrected chi connectivity index (χ2v) is 6.11. The summed E-state index contributed by atoms with van der Waals surface area (Å²) in [6.07, 6.45) is -4.01. The Morgan fingerprint density at radius 2 is 2.13 bits per heavy atom. The van der Waals surface area contributed by atoms with Crippen molar-refractivity contribution >= 4 is 23.9 Å². The highest BCUT2D eigenvalue weighted by Crippen LogP contribution is 2.33. The average molecular weight is 344 g/mol. The van der Waals surface area contributed by atoms with Crippen molar-refractivity contribution in [1.29, 1.82) is 0 Å². The molecule has 0 saturated carbocycles. The topological polar surface area (TPSA) is 61.7 Å². The monoisotopic (exact) mass is 344 g/mol. The van der Waals surface area contributed by atoms with E-state index in [1.165, 1.54) is 17.8 Å². The van der Waals surface area contributed by atoms with E-state index in [1.54, 1.807) is 18.2 Å². The van der Waals surface area contributed by atoms with Crippen molar-refractivity contribution in [2.45, 2.75) is 29.8 Å². The average Bonchev–Trinajstić information content (AvgIpc) is 2.49. The van der Waals surface area contributed by atoms with Gasteiger partial charge in [-0.1, -0.05) is 19.1 Å². The van der Waals surface area contributed by atoms with Crippen molar-refractivity contribution in [3.8, 4) is 0 Å². The molecule has 8 heteroatoms. The van der Waals surface area contributed by atoms with Gasteiger partial charge in [-0.2, -0.15) is 13.2 Å². The number of halogens is 3. The number of nitrogens with zero attached hydrogens (tertiary/aromatic N) is 1. The Bertz CT molecular complexity index is 630. The standard InChI is InChI=1S/C15H15F3N2O2S/c1-2-23-11-6-4-3-5-10(11)13(22)20-14(15(16,17)18)8-7-12(21)19-9-14/h3-9,12,21H,2H2,1H3,(H,20,22). The molecule has 2 N–H and O–H groups in total. The fourth-order valence-corrected chi connectivity index (χ4v) is 2.83. The van der Waals surface area contributed by atoms with Gasteiger partial charge in [0.25, 0.3) is 5.91 Å². The summed E-state index contributed by atoms with van der Waals surface area (Å²) < 4.78 is 40.2. The van der Waals surface area contributed by atoms with Crippen molar-refractivity contribution in [3.63, 3.8) is 0 Å². The SMILES string of the molecule is CCSc1ccccc1C(=O)NC1(C(F)(F)F)C=CC(O)N=C1. The summed E-state index contributed by atoms with van der Waals surface area (Å²) >= 11 is 1.37. The first-order valence-electron chi connectivity index (χ1n) is 6.82.